The summed E-state index contributed by atoms with van der Waals surface area (Å²) in [7, 11) is 3.15. The third kappa shape index (κ3) is 3.82. The van der Waals surface area contributed by atoms with Gasteiger partial charge in [-0.05, 0) is 24.3 Å². The number of aromatic nitrogens is 1. The Morgan fingerprint density at radius 3 is 2.70 bits per heavy atom. The molecule has 0 saturated heterocycles. The third-order valence-corrected chi connectivity index (χ3v) is 6.22. The summed E-state index contributed by atoms with van der Waals surface area (Å²) in [5.41, 5.74) is 1.44. The number of carbonyl (C=O) groups excluding carboxylic acids is 1. The van der Waals surface area contributed by atoms with Crippen LogP contribution in [0.1, 0.15) is 9.67 Å². The molecule has 10 heteroatoms. The number of hydrogen-bond acceptors (Lipinski definition) is 8. The number of thiophene rings is 1. The molecule has 0 unspecified atom stereocenters. The molecule has 0 fully saturated rings. The zero-order chi connectivity index (χ0) is 21.3. The number of non-ortho nitro benzene ring substituents is 1. The standard InChI is InChI=1S/C20H15N3O5S2/c1-27-13-4-5-14(16(9-13)28-2)15-10-29-20(21-15)22-19(24)18-8-11-7-12(23(25)26)3-6-17(11)30-18/h3-10H,1-2H3,(H,21,22,24). The van der Waals surface area contributed by atoms with E-state index in [1.54, 1.807) is 32.4 Å². The minimum absolute atomic E-state index is 0.00902. The van der Waals surface area contributed by atoms with Gasteiger partial charge in [-0.25, -0.2) is 4.98 Å². The van der Waals surface area contributed by atoms with Crippen molar-refractivity contribution in [1.82, 2.24) is 4.98 Å². The maximum atomic E-state index is 12.6. The van der Waals surface area contributed by atoms with Crippen molar-refractivity contribution >= 4 is 49.5 Å². The first-order valence-electron chi connectivity index (χ1n) is 8.66. The number of nitro benzene ring substituents is 1. The summed E-state index contributed by atoms with van der Waals surface area (Å²) in [5.74, 6) is 0.967. The number of nitrogens with one attached hydrogen (secondary N) is 1. The van der Waals surface area contributed by atoms with Crippen molar-refractivity contribution in [2.75, 3.05) is 19.5 Å². The lowest BCUT2D eigenvalue weighted by molar-refractivity contribution is -0.384. The van der Waals surface area contributed by atoms with Crippen LogP contribution in [0, 0.1) is 10.1 Å². The SMILES string of the molecule is COc1ccc(-c2csc(NC(=O)c3cc4cc([N+](=O)[O-])ccc4s3)n2)c(OC)c1. The molecule has 4 rings (SSSR count). The highest BCUT2D eigenvalue weighted by molar-refractivity contribution is 7.21. The summed E-state index contributed by atoms with van der Waals surface area (Å²) in [4.78, 5) is 28.1. The van der Waals surface area contributed by atoms with Crippen LogP contribution in [0.4, 0.5) is 10.8 Å². The molecule has 0 radical (unpaired) electrons. The monoisotopic (exact) mass is 441 g/mol. The molecule has 0 aliphatic carbocycles. The largest absolute Gasteiger partial charge is 0.497 e. The topological polar surface area (TPSA) is 104 Å². The molecule has 8 nitrogen and oxygen atoms in total. The average molecular weight is 441 g/mol. The lowest BCUT2D eigenvalue weighted by Crippen LogP contribution is -2.09. The highest BCUT2D eigenvalue weighted by Gasteiger charge is 2.16. The molecule has 0 bridgehead atoms. The first kappa shape index (κ1) is 19.8. The Hall–Kier alpha value is -3.50. The Morgan fingerprint density at radius 2 is 1.97 bits per heavy atom. The average Bonchev–Trinajstić information content (AvgIpc) is 3.39. The van der Waals surface area contributed by atoms with E-state index in [0.29, 0.717) is 32.6 Å². The molecule has 0 aliphatic heterocycles. The third-order valence-electron chi connectivity index (χ3n) is 4.34. The summed E-state index contributed by atoms with van der Waals surface area (Å²) in [5, 5.41) is 16.6. The van der Waals surface area contributed by atoms with Crippen molar-refractivity contribution in [3.63, 3.8) is 0 Å². The highest BCUT2D eigenvalue weighted by Crippen LogP contribution is 2.35. The fourth-order valence-electron chi connectivity index (χ4n) is 2.88. The van der Waals surface area contributed by atoms with Crippen molar-refractivity contribution in [2.45, 2.75) is 0 Å². The van der Waals surface area contributed by atoms with Crippen molar-refractivity contribution in [2.24, 2.45) is 0 Å². The normalized spacial score (nSPS) is 10.7. The van der Waals surface area contributed by atoms with Gasteiger partial charge in [0, 0.05) is 39.2 Å². The zero-order valence-electron chi connectivity index (χ0n) is 15.9. The number of amides is 1. The number of anilines is 1. The van der Waals surface area contributed by atoms with Gasteiger partial charge in [0.25, 0.3) is 11.6 Å². The number of ether oxygens (including phenoxy) is 2. The molecule has 30 heavy (non-hydrogen) atoms. The molecule has 2 aromatic heterocycles. The molecule has 2 heterocycles. The van der Waals surface area contributed by atoms with Crippen LogP contribution in [0.2, 0.25) is 0 Å². The molecular formula is C20H15N3O5S2. The maximum absolute atomic E-state index is 12.6. The molecule has 0 aliphatic rings. The summed E-state index contributed by atoms with van der Waals surface area (Å²) < 4.78 is 11.4. The number of fused-ring (bicyclic) bond motifs is 1. The predicted octanol–water partition coefficient (Wildman–Crippen LogP) is 5.20. The van der Waals surface area contributed by atoms with Crippen LogP contribution in [0.25, 0.3) is 21.3 Å². The molecule has 1 N–H and O–H groups in total. The van der Waals surface area contributed by atoms with E-state index in [1.165, 1.54) is 34.8 Å². The van der Waals surface area contributed by atoms with E-state index in [0.717, 1.165) is 10.3 Å². The number of nitro groups is 1. The van der Waals surface area contributed by atoms with Gasteiger partial charge in [-0.3, -0.25) is 20.2 Å². The lowest BCUT2D eigenvalue weighted by Gasteiger charge is -2.08. The van der Waals surface area contributed by atoms with E-state index in [9.17, 15) is 14.9 Å². The Morgan fingerprint density at radius 1 is 1.13 bits per heavy atom. The minimum Gasteiger partial charge on any atom is -0.497 e. The summed E-state index contributed by atoms with van der Waals surface area (Å²) >= 11 is 2.56. The zero-order valence-corrected chi connectivity index (χ0v) is 17.5. The fourth-order valence-corrected chi connectivity index (χ4v) is 4.52. The van der Waals surface area contributed by atoms with Crippen LogP contribution in [0.3, 0.4) is 0 Å². The number of methoxy groups -OCH3 is 2. The van der Waals surface area contributed by atoms with E-state index >= 15 is 0 Å². The molecular weight excluding hydrogens is 426 g/mol. The number of benzene rings is 2. The van der Waals surface area contributed by atoms with Gasteiger partial charge in [-0.1, -0.05) is 0 Å². The van der Waals surface area contributed by atoms with Crippen LogP contribution in [-0.2, 0) is 0 Å². The minimum atomic E-state index is -0.457. The van der Waals surface area contributed by atoms with Crippen LogP contribution < -0.4 is 14.8 Å². The van der Waals surface area contributed by atoms with Gasteiger partial charge in [0.15, 0.2) is 5.13 Å². The Labute approximate surface area is 178 Å². The maximum Gasteiger partial charge on any atom is 0.270 e. The molecule has 1 amide bonds. The molecule has 0 spiro atoms. The predicted molar refractivity (Wildman–Crippen MR) is 117 cm³/mol. The van der Waals surface area contributed by atoms with E-state index in [4.69, 9.17) is 9.47 Å². The second-order valence-electron chi connectivity index (χ2n) is 6.15. The van der Waals surface area contributed by atoms with Gasteiger partial charge < -0.3 is 9.47 Å². The van der Waals surface area contributed by atoms with Gasteiger partial charge in [-0.15, -0.1) is 22.7 Å². The molecule has 2 aromatic carbocycles. The summed E-state index contributed by atoms with van der Waals surface area (Å²) in [6.45, 7) is 0. The fraction of sp³-hybridized carbons (Fsp3) is 0.100. The number of nitrogens with zero attached hydrogens (tertiary/aromatic N) is 2. The highest BCUT2D eigenvalue weighted by atomic mass is 32.1. The van der Waals surface area contributed by atoms with Gasteiger partial charge in [0.05, 0.1) is 29.7 Å². The van der Waals surface area contributed by atoms with E-state index < -0.39 is 4.92 Å². The van der Waals surface area contributed by atoms with Crippen molar-refractivity contribution in [1.29, 1.82) is 0 Å². The smallest absolute Gasteiger partial charge is 0.270 e. The van der Waals surface area contributed by atoms with Crippen LogP contribution in [0.5, 0.6) is 11.5 Å². The number of carbonyl (C=O) groups is 1. The molecule has 4 aromatic rings. The van der Waals surface area contributed by atoms with Crippen molar-refractivity contribution in [3.05, 3.63) is 62.8 Å². The number of thiazole rings is 1. The lowest BCUT2D eigenvalue weighted by atomic mass is 10.1. The van der Waals surface area contributed by atoms with Crippen LogP contribution >= 0.6 is 22.7 Å². The molecule has 0 saturated carbocycles. The van der Waals surface area contributed by atoms with Gasteiger partial charge in [-0.2, -0.15) is 0 Å². The second kappa shape index (κ2) is 8.09. The quantitative estimate of drug-likeness (QED) is 0.326. The number of hydrogen-bond donors (Lipinski definition) is 1. The Bertz CT molecular complexity index is 1260. The van der Waals surface area contributed by atoms with Crippen molar-refractivity contribution < 1.29 is 19.2 Å². The Kier molecular flexibility index (Phi) is 5.34. The number of rotatable bonds is 6. The van der Waals surface area contributed by atoms with Gasteiger partial charge in [0.2, 0.25) is 0 Å². The summed E-state index contributed by atoms with van der Waals surface area (Å²) in [6, 6.07) is 11.6. The molecule has 152 valence electrons. The van der Waals surface area contributed by atoms with Crippen LogP contribution in [0.15, 0.2) is 47.8 Å². The van der Waals surface area contributed by atoms with E-state index in [-0.39, 0.29) is 11.6 Å². The first-order valence-corrected chi connectivity index (χ1v) is 10.4. The van der Waals surface area contributed by atoms with Crippen LogP contribution in [-0.4, -0.2) is 30.0 Å². The Balaban J connectivity index is 1.56. The van der Waals surface area contributed by atoms with E-state index in [2.05, 4.69) is 10.3 Å². The first-order chi connectivity index (χ1) is 14.5. The molecule has 0 atom stereocenters. The van der Waals surface area contributed by atoms with Gasteiger partial charge in [0.1, 0.15) is 11.5 Å². The summed E-state index contributed by atoms with van der Waals surface area (Å²) in [6.07, 6.45) is 0. The van der Waals surface area contributed by atoms with Crippen molar-refractivity contribution in [3.8, 4) is 22.8 Å². The van der Waals surface area contributed by atoms with Gasteiger partial charge >= 0.3 is 0 Å². The second-order valence-corrected chi connectivity index (χ2v) is 8.09. The van der Waals surface area contributed by atoms with E-state index in [1.807, 2.05) is 17.5 Å².